The van der Waals surface area contributed by atoms with E-state index in [1.165, 1.54) is 35.1 Å². The van der Waals surface area contributed by atoms with E-state index in [1.54, 1.807) is 26.5 Å². The molecule has 0 atom stereocenters. The van der Waals surface area contributed by atoms with Crippen LogP contribution in [-0.4, -0.2) is 85.1 Å². The van der Waals surface area contributed by atoms with E-state index in [1.807, 2.05) is 0 Å². The minimum Gasteiger partial charge on any atom is -0.368 e. The number of nitrogens with zero attached hydrogens (tertiary/aromatic N) is 5. The van der Waals surface area contributed by atoms with Gasteiger partial charge in [0.2, 0.25) is 0 Å². The summed E-state index contributed by atoms with van der Waals surface area (Å²) in [7, 11) is 3.42. The van der Waals surface area contributed by atoms with E-state index in [0.717, 1.165) is 76.2 Å². The molecule has 2 aliphatic heterocycles. The van der Waals surface area contributed by atoms with E-state index >= 15 is 8.78 Å². The standard InChI is InChI=1S/C29H37F2N7OS/c1-36(2)29(39)26-23(18-5-3-4-6-18)24-22(40-26)17-34-28(25(24)31)35-27-21(30)15-20(16-33-27)38-13-11-37(12-14-38)19-7-9-32-10-8-19/h15-19,32H,3-14H2,1-2H3,(H,33,34,35). The number of nitrogens with one attached hydrogen (secondary N) is 2. The maximum Gasteiger partial charge on any atom is 0.263 e. The van der Waals surface area contributed by atoms with Gasteiger partial charge in [-0.15, -0.1) is 11.3 Å². The smallest absolute Gasteiger partial charge is 0.263 e. The van der Waals surface area contributed by atoms with Gasteiger partial charge in [-0.05, 0) is 50.3 Å². The molecule has 3 aliphatic rings. The van der Waals surface area contributed by atoms with Crippen molar-refractivity contribution in [2.75, 3.05) is 63.6 Å². The first-order valence-electron chi connectivity index (χ1n) is 14.4. The minimum absolute atomic E-state index is 0.0647. The first-order chi connectivity index (χ1) is 19.4. The highest BCUT2D eigenvalue weighted by Crippen LogP contribution is 2.45. The zero-order valence-electron chi connectivity index (χ0n) is 23.2. The maximum atomic E-state index is 16.0. The van der Waals surface area contributed by atoms with Gasteiger partial charge in [-0.1, -0.05) is 12.8 Å². The molecule has 2 saturated heterocycles. The molecule has 214 valence electrons. The molecule has 3 fully saturated rings. The molecule has 3 aromatic heterocycles. The second-order valence-electron chi connectivity index (χ2n) is 11.3. The van der Waals surface area contributed by atoms with Gasteiger partial charge in [-0.2, -0.15) is 0 Å². The Hall–Kier alpha value is -2.89. The van der Waals surface area contributed by atoms with E-state index in [0.29, 0.717) is 21.0 Å². The number of hydrogen-bond acceptors (Lipinski definition) is 8. The molecule has 6 rings (SSSR count). The van der Waals surface area contributed by atoms with Crippen LogP contribution in [0.2, 0.25) is 0 Å². The number of carbonyl (C=O) groups excluding carboxylic acids is 1. The van der Waals surface area contributed by atoms with Gasteiger partial charge in [0.1, 0.15) is 0 Å². The first kappa shape index (κ1) is 27.3. The van der Waals surface area contributed by atoms with E-state index in [-0.39, 0.29) is 23.5 Å². The zero-order chi connectivity index (χ0) is 27.8. The highest BCUT2D eigenvalue weighted by Gasteiger charge is 2.31. The average Bonchev–Trinajstić information content (AvgIpc) is 3.64. The molecule has 0 spiro atoms. The number of fused-ring (bicyclic) bond motifs is 1. The van der Waals surface area contributed by atoms with Crippen molar-refractivity contribution in [3.05, 3.63) is 40.5 Å². The third-order valence-corrected chi connectivity index (χ3v) is 9.77. The van der Waals surface area contributed by atoms with Gasteiger partial charge in [-0.25, -0.2) is 18.7 Å². The summed E-state index contributed by atoms with van der Waals surface area (Å²) in [5.41, 5.74) is 1.50. The minimum atomic E-state index is -0.562. The number of halogens is 2. The van der Waals surface area contributed by atoms with Crippen LogP contribution >= 0.6 is 11.3 Å². The average molecular weight is 570 g/mol. The zero-order valence-corrected chi connectivity index (χ0v) is 24.0. The van der Waals surface area contributed by atoms with Gasteiger partial charge >= 0.3 is 0 Å². The number of piperazine rings is 1. The van der Waals surface area contributed by atoms with Crippen LogP contribution in [0, 0.1) is 11.6 Å². The maximum absolute atomic E-state index is 16.0. The van der Waals surface area contributed by atoms with Crippen molar-refractivity contribution in [1.29, 1.82) is 0 Å². The van der Waals surface area contributed by atoms with Gasteiger partial charge in [0.15, 0.2) is 23.3 Å². The molecule has 3 aromatic rings. The number of piperidine rings is 1. The molecule has 1 saturated carbocycles. The van der Waals surface area contributed by atoms with Gasteiger partial charge in [-0.3, -0.25) is 9.69 Å². The molecular weight excluding hydrogens is 532 g/mol. The van der Waals surface area contributed by atoms with Crippen molar-refractivity contribution in [1.82, 2.24) is 25.1 Å². The molecule has 0 bridgehead atoms. The van der Waals surface area contributed by atoms with Crippen LogP contribution in [0.25, 0.3) is 10.1 Å². The van der Waals surface area contributed by atoms with Gasteiger partial charge < -0.3 is 20.4 Å². The highest BCUT2D eigenvalue weighted by atomic mass is 32.1. The molecule has 1 amide bonds. The molecule has 0 radical (unpaired) electrons. The van der Waals surface area contributed by atoms with Crippen molar-refractivity contribution in [2.45, 2.75) is 50.5 Å². The summed E-state index contributed by atoms with van der Waals surface area (Å²) in [6.45, 7) is 5.68. The van der Waals surface area contributed by atoms with E-state index in [2.05, 4.69) is 30.4 Å². The SMILES string of the molecule is CN(C)C(=O)c1sc2cnc(Nc3ncc(N4CCN(C5CCNCC5)CC4)cc3F)c(F)c2c1C1CCCC1. The van der Waals surface area contributed by atoms with Crippen LogP contribution in [-0.2, 0) is 0 Å². The Morgan fingerprint density at radius 1 is 1.02 bits per heavy atom. The van der Waals surface area contributed by atoms with Crippen LogP contribution in [0.1, 0.15) is 59.7 Å². The number of anilines is 3. The summed E-state index contributed by atoms with van der Waals surface area (Å²) in [4.78, 5) is 28.4. The number of rotatable bonds is 6. The monoisotopic (exact) mass is 569 g/mol. The molecular formula is C29H37F2N7OS. The van der Waals surface area contributed by atoms with Gasteiger partial charge in [0, 0.05) is 64.0 Å². The number of thiophene rings is 1. The fraction of sp³-hybridized carbons (Fsp3) is 0.552. The number of pyridine rings is 2. The largest absolute Gasteiger partial charge is 0.368 e. The summed E-state index contributed by atoms with van der Waals surface area (Å²) in [5.74, 6) is -1.26. The van der Waals surface area contributed by atoms with Gasteiger partial charge in [0.25, 0.3) is 5.91 Å². The lowest BCUT2D eigenvalue weighted by Crippen LogP contribution is -2.52. The van der Waals surface area contributed by atoms with E-state index < -0.39 is 11.6 Å². The number of hydrogen-bond donors (Lipinski definition) is 2. The topological polar surface area (TPSA) is 76.6 Å². The van der Waals surface area contributed by atoms with Crippen LogP contribution in [0.15, 0.2) is 18.5 Å². The Labute approximate surface area is 237 Å². The Balaban J connectivity index is 1.22. The molecule has 11 heteroatoms. The number of carbonyl (C=O) groups is 1. The predicted octanol–water partition coefficient (Wildman–Crippen LogP) is 4.95. The lowest BCUT2D eigenvalue weighted by molar-refractivity contribution is 0.0831. The normalized spacial score (nSPS) is 19.4. The lowest BCUT2D eigenvalue weighted by Gasteiger charge is -2.41. The van der Waals surface area contributed by atoms with Crippen LogP contribution in [0.4, 0.5) is 26.1 Å². The molecule has 8 nitrogen and oxygen atoms in total. The molecule has 5 heterocycles. The second kappa shape index (κ2) is 11.5. The summed E-state index contributed by atoms with van der Waals surface area (Å²) in [6, 6.07) is 2.09. The summed E-state index contributed by atoms with van der Waals surface area (Å²) < 4.78 is 31.9. The summed E-state index contributed by atoms with van der Waals surface area (Å²) >= 11 is 1.28. The Bertz CT molecular complexity index is 1380. The quantitative estimate of drug-likeness (QED) is 0.435. The molecule has 2 N–H and O–H groups in total. The van der Waals surface area contributed by atoms with Crippen molar-refractivity contribution < 1.29 is 13.6 Å². The molecule has 0 unspecified atom stereocenters. The Kier molecular flexibility index (Phi) is 7.87. The molecule has 40 heavy (non-hydrogen) atoms. The summed E-state index contributed by atoms with van der Waals surface area (Å²) in [6.07, 6.45) is 9.53. The van der Waals surface area contributed by atoms with Gasteiger partial charge in [0.05, 0.1) is 21.5 Å². The summed E-state index contributed by atoms with van der Waals surface area (Å²) in [5, 5.41) is 6.63. The third-order valence-electron chi connectivity index (χ3n) is 8.64. The van der Waals surface area contributed by atoms with E-state index in [9.17, 15) is 4.79 Å². The second-order valence-corrected chi connectivity index (χ2v) is 12.4. The van der Waals surface area contributed by atoms with Crippen molar-refractivity contribution in [3.63, 3.8) is 0 Å². The lowest BCUT2D eigenvalue weighted by atomic mass is 9.94. The van der Waals surface area contributed by atoms with Crippen LogP contribution in [0.5, 0.6) is 0 Å². The fourth-order valence-electron chi connectivity index (χ4n) is 6.45. The van der Waals surface area contributed by atoms with Crippen molar-refractivity contribution in [2.24, 2.45) is 0 Å². The molecule has 1 aliphatic carbocycles. The highest BCUT2D eigenvalue weighted by molar-refractivity contribution is 7.21. The third kappa shape index (κ3) is 5.26. The first-order valence-corrected chi connectivity index (χ1v) is 15.2. The Morgan fingerprint density at radius 2 is 1.73 bits per heavy atom. The van der Waals surface area contributed by atoms with Crippen LogP contribution < -0.4 is 15.5 Å². The Morgan fingerprint density at radius 3 is 2.40 bits per heavy atom. The van der Waals surface area contributed by atoms with Crippen LogP contribution in [0.3, 0.4) is 0 Å². The predicted molar refractivity (Wildman–Crippen MR) is 156 cm³/mol. The van der Waals surface area contributed by atoms with E-state index in [4.69, 9.17) is 0 Å². The van der Waals surface area contributed by atoms with Crippen molar-refractivity contribution in [3.8, 4) is 0 Å². The number of aromatic nitrogens is 2. The fourth-order valence-corrected chi connectivity index (χ4v) is 7.73. The van der Waals surface area contributed by atoms with Crippen molar-refractivity contribution >= 4 is 44.7 Å². The number of amides is 1. The molecule has 0 aromatic carbocycles.